The van der Waals surface area contributed by atoms with Crippen LogP contribution in [0.25, 0.3) is 21.8 Å². The number of para-hydroxylation sites is 1. The third kappa shape index (κ3) is 2.08. The molecule has 4 nitrogen and oxygen atoms in total. The number of nitrogens with zero attached hydrogens (tertiary/aromatic N) is 1. The predicted octanol–water partition coefficient (Wildman–Crippen LogP) is 4.07. The Morgan fingerprint density at radius 1 is 1.36 bits per heavy atom. The van der Waals surface area contributed by atoms with Crippen molar-refractivity contribution in [2.24, 2.45) is 0 Å². The molecule has 0 amide bonds. The summed E-state index contributed by atoms with van der Waals surface area (Å²) < 4.78 is 4.87. The number of thioether (sulfide) groups is 1. The van der Waals surface area contributed by atoms with Crippen molar-refractivity contribution in [3.63, 3.8) is 0 Å². The smallest absolute Gasteiger partial charge is 0.356 e. The Balaban J connectivity index is 2.03. The molecular formula is C17H16N2O2S. The molecule has 3 aromatic rings. The summed E-state index contributed by atoms with van der Waals surface area (Å²) in [5, 5.41) is 2.52. The van der Waals surface area contributed by atoms with Crippen molar-refractivity contribution in [2.75, 3.05) is 12.9 Å². The molecule has 0 aliphatic carbocycles. The van der Waals surface area contributed by atoms with E-state index >= 15 is 0 Å². The number of hydrogen-bond acceptors (Lipinski definition) is 4. The number of fused-ring (bicyclic) bond motifs is 3. The lowest BCUT2D eigenvalue weighted by molar-refractivity contribution is 0.0594. The fourth-order valence-corrected chi connectivity index (χ4v) is 4.39. The van der Waals surface area contributed by atoms with Crippen LogP contribution in [0.15, 0.2) is 30.3 Å². The normalized spacial score (nSPS) is 18.1. The van der Waals surface area contributed by atoms with Gasteiger partial charge in [-0.05, 0) is 30.7 Å². The van der Waals surface area contributed by atoms with E-state index in [9.17, 15) is 4.79 Å². The zero-order chi connectivity index (χ0) is 15.1. The molecule has 0 saturated carbocycles. The van der Waals surface area contributed by atoms with E-state index in [1.54, 1.807) is 0 Å². The quantitative estimate of drug-likeness (QED) is 0.725. The summed E-state index contributed by atoms with van der Waals surface area (Å²) in [4.78, 5) is 20.1. The maximum atomic E-state index is 12.0. The molecule has 1 aliphatic rings. The molecule has 1 N–H and O–H groups in total. The lowest BCUT2D eigenvalue weighted by Crippen LogP contribution is -2.07. The first-order chi connectivity index (χ1) is 10.8. The van der Waals surface area contributed by atoms with Crippen LogP contribution >= 0.6 is 11.8 Å². The fraction of sp³-hybridized carbons (Fsp3) is 0.294. The molecule has 1 unspecified atom stereocenters. The molecule has 1 aromatic carbocycles. The van der Waals surface area contributed by atoms with Crippen LogP contribution in [0.5, 0.6) is 0 Å². The molecule has 1 fully saturated rings. The van der Waals surface area contributed by atoms with E-state index in [1.165, 1.54) is 13.5 Å². The van der Waals surface area contributed by atoms with Crippen molar-refractivity contribution in [1.82, 2.24) is 9.97 Å². The monoisotopic (exact) mass is 312 g/mol. The molecule has 3 heterocycles. The van der Waals surface area contributed by atoms with E-state index in [1.807, 2.05) is 30.0 Å². The number of carbonyl (C=O) groups excluding carboxylic acids is 1. The Morgan fingerprint density at radius 2 is 2.23 bits per heavy atom. The molecule has 5 heteroatoms. The first kappa shape index (κ1) is 13.6. The fourth-order valence-electron chi connectivity index (χ4n) is 3.11. The van der Waals surface area contributed by atoms with Crippen LogP contribution in [-0.4, -0.2) is 28.8 Å². The number of methoxy groups -OCH3 is 1. The highest BCUT2D eigenvalue weighted by molar-refractivity contribution is 7.99. The van der Waals surface area contributed by atoms with Crippen molar-refractivity contribution < 1.29 is 9.53 Å². The van der Waals surface area contributed by atoms with E-state index in [0.29, 0.717) is 10.9 Å². The van der Waals surface area contributed by atoms with E-state index < -0.39 is 0 Å². The van der Waals surface area contributed by atoms with Gasteiger partial charge in [-0.1, -0.05) is 18.2 Å². The maximum absolute atomic E-state index is 12.0. The number of rotatable bonds is 2. The number of ether oxygens (including phenoxy) is 1. The molecule has 22 heavy (non-hydrogen) atoms. The SMILES string of the molecule is COC(=O)c1cc2c([nH]c3ccccc32)c(C2CCCS2)n1. The van der Waals surface area contributed by atoms with Gasteiger partial charge in [0.1, 0.15) is 5.69 Å². The van der Waals surface area contributed by atoms with E-state index in [4.69, 9.17) is 4.74 Å². The van der Waals surface area contributed by atoms with Gasteiger partial charge in [0.15, 0.2) is 0 Å². The van der Waals surface area contributed by atoms with Gasteiger partial charge in [0, 0.05) is 21.5 Å². The molecule has 0 radical (unpaired) electrons. The summed E-state index contributed by atoms with van der Waals surface area (Å²) in [6.07, 6.45) is 2.30. The number of carbonyl (C=O) groups is 1. The Kier molecular flexibility index (Phi) is 3.30. The number of H-pyrrole nitrogens is 1. The van der Waals surface area contributed by atoms with Gasteiger partial charge < -0.3 is 9.72 Å². The van der Waals surface area contributed by atoms with Gasteiger partial charge in [0.25, 0.3) is 0 Å². The first-order valence-corrected chi connectivity index (χ1v) is 8.44. The number of hydrogen-bond donors (Lipinski definition) is 1. The highest BCUT2D eigenvalue weighted by Gasteiger charge is 2.25. The van der Waals surface area contributed by atoms with E-state index in [2.05, 4.69) is 22.1 Å². The van der Waals surface area contributed by atoms with Crippen LogP contribution in [-0.2, 0) is 4.74 Å². The summed E-state index contributed by atoms with van der Waals surface area (Å²) in [6, 6.07) is 9.98. The minimum Gasteiger partial charge on any atom is -0.464 e. The summed E-state index contributed by atoms with van der Waals surface area (Å²) >= 11 is 1.91. The summed E-state index contributed by atoms with van der Waals surface area (Å²) in [5.41, 5.74) is 3.50. The lowest BCUT2D eigenvalue weighted by atomic mass is 10.1. The van der Waals surface area contributed by atoms with Crippen LogP contribution in [0.1, 0.15) is 34.3 Å². The molecule has 0 spiro atoms. The number of aromatic nitrogens is 2. The van der Waals surface area contributed by atoms with Gasteiger partial charge in [0.2, 0.25) is 0 Å². The summed E-state index contributed by atoms with van der Waals surface area (Å²) in [7, 11) is 1.40. The van der Waals surface area contributed by atoms with Crippen LogP contribution in [0.4, 0.5) is 0 Å². The number of esters is 1. The molecule has 1 atom stereocenters. The summed E-state index contributed by atoms with van der Waals surface area (Å²) in [5.74, 6) is 0.771. The Hall–Kier alpha value is -2.01. The molecule has 4 rings (SSSR count). The first-order valence-electron chi connectivity index (χ1n) is 7.39. The average molecular weight is 312 g/mol. The van der Waals surface area contributed by atoms with Crippen LogP contribution < -0.4 is 0 Å². The van der Waals surface area contributed by atoms with E-state index in [-0.39, 0.29) is 5.97 Å². The zero-order valence-electron chi connectivity index (χ0n) is 12.3. The molecule has 1 saturated heterocycles. The van der Waals surface area contributed by atoms with Gasteiger partial charge in [-0.2, -0.15) is 11.8 Å². The van der Waals surface area contributed by atoms with Crippen molar-refractivity contribution in [3.8, 4) is 0 Å². The van der Waals surface area contributed by atoms with Gasteiger partial charge in [-0.3, -0.25) is 0 Å². The van der Waals surface area contributed by atoms with Gasteiger partial charge in [-0.25, -0.2) is 9.78 Å². The number of nitrogens with one attached hydrogen (secondary N) is 1. The van der Waals surface area contributed by atoms with Crippen molar-refractivity contribution in [2.45, 2.75) is 18.1 Å². The maximum Gasteiger partial charge on any atom is 0.356 e. The van der Waals surface area contributed by atoms with Gasteiger partial charge in [0.05, 0.1) is 18.3 Å². The number of pyridine rings is 1. The van der Waals surface area contributed by atoms with E-state index in [0.717, 1.165) is 39.7 Å². The molecule has 0 bridgehead atoms. The van der Waals surface area contributed by atoms with Crippen molar-refractivity contribution in [3.05, 3.63) is 41.7 Å². The Morgan fingerprint density at radius 3 is 3.00 bits per heavy atom. The molecule has 2 aromatic heterocycles. The number of benzene rings is 1. The summed E-state index contributed by atoms with van der Waals surface area (Å²) in [6.45, 7) is 0. The number of aromatic amines is 1. The second-order valence-corrected chi connectivity index (χ2v) is 6.79. The average Bonchev–Trinajstić information content (AvgIpc) is 3.20. The minimum absolute atomic E-state index is 0.347. The highest BCUT2D eigenvalue weighted by Crippen LogP contribution is 2.42. The van der Waals surface area contributed by atoms with Crippen LogP contribution in [0, 0.1) is 0 Å². The van der Waals surface area contributed by atoms with Crippen molar-refractivity contribution >= 4 is 39.5 Å². The third-order valence-corrected chi connectivity index (χ3v) is 5.54. The second kappa shape index (κ2) is 5.32. The van der Waals surface area contributed by atoms with Gasteiger partial charge in [-0.15, -0.1) is 0 Å². The van der Waals surface area contributed by atoms with Crippen molar-refractivity contribution in [1.29, 1.82) is 0 Å². The second-order valence-electron chi connectivity index (χ2n) is 5.48. The standard InChI is InChI=1S/C17H16N2O2S/c1-21-17(20)13-9-11-10-5-2-3-6-12(10)18-15(11)16(19-13)14-7-4-8-22-14/h2-3,5-6,9,14,18H,4,7-8H2,1H3. The minimum atomic E-state index is -0.378. The van der Waals surface area contributed by atoms with Crippen LogP contribution in [0.3, 0.4) is 0 Å². The lowest BCUT2D eigenvalue weighted by Gasteiger charge is -2.11. The Bertz CT molecular complexity index is 866. The topological polar surface area (TPSA) is 55.0 Å². The third-order valence-electron chi connectivity index (χ3n) is 4.15. The predicted molar refractivity (Wildman–Crippen MR) is 89.4 cm³/mol. The Labute approximate surface area is 132 Å². The molecular weight excluding hydrogens is 296 g/mol. The van der Waals surface area contributed by atoms with Gasteiger partial charge >= 0.3 is 5.97 Å². The largest absolute Gasteiger partial charge is 0.464 e. The van der Waals surface area contributed by atoms with Crippen LogP contribution in [0.2, 0.25) is 0 Å². The zero-order valence-corrected chi connectivity index (χ0v) is 13.1. The molecule has 1 aliphatic heterocycles. The highest BCUT2D eigenvalue weighted by atomic mass is 32.2. The molecule has 112 valence electrons.